The number of sulfonamides is 1. The lowest BCUT2D eigenvalue weighted by Gasteiger charge is -2.18. The molecule has 0 unspecified atom stereocenters. The molecule has 0 spiro atoms. The van der Waals surface area contributed by atoms with Crippen LogP contribution >= 0.6 is 0 Å². The van der Waals surface area contributed by atoms with E-state index in [0.717, 1.165) is 22.0 Å². The number of carbonyl (C=O) groups excluding carboxylic acids is 1. The Morgan fingerprint density at radius 3 is 2.72 bits per heavy atom. The molecule has 1 aromatic heterocycles. The molecule has 7 nitrogen and oxygen atoms in total. The predicted octanol–water partition coefficient (Wildman–Crippen LogP) is 2.82. The molecule has 0 saturated carbocycles. The number of aromatic amines is 1. The summed E-state index contributed by atoms with van der Waals surface area (Å²) in [4.78, 5) is 15.8. The number of hydrogen-bond donors (Lipinski definition) is 2. The van der Waals surface area contributed by atoms with Gasteiger partial charge in [-0.1, -0.05) is 30.3 Å². The maximum absolute atomic E-state index is 12.9. The van der Waals surface area contributed by atoms with Gasteiger partial charge in [0.2, 0.25) is 10.0 Å². The number of nitriles is 1. The molecule has 0 radical (unpaired) electrons. The van der Waals surface area contributed by atoms with Crippen molar-refractivity contribution in [3.63, 3.8) is 0 Å². The largest absolute Gasteiger partial charge is 0.446 e. The van der Waals surface area contributed by atoms with Crippen LogP contribution in [0.2, 0.25) is 0 Å². The topological polar surface area (TPSA) is 112 Å². The molecule has 8 heteroatoms. The van der Waals surface area contributed by atoms with Gasteiger partial charge in [-0.05, 0) is 43.2 Å². The number of rotatable bonds is 7. The van der Waals surface area contributed by atoms with Crippen LogP contribution in [0.25, 0.3) is 10.9 Å². The molecule has 0 bridgehead atoms. The number of ether oxygens (including phenoxy) is 1. The summed E-state index contributed by atoms with van der Waals surface area (Å²) in [7, 11) is -3.97. The molecule has 2 atom stereocenters. The van der Waals surface area contributed by atoms with E-state index in [1.54, 1.807) is 25.3 Å². The van der Waals surface area contributed by atoms with Gasteiger partial charge in [-0.3, -0.25) is 4.79 Å². The van der Waals surface area contributed by atoms with Gasteiger partial charge in [0.05, 0.1) is 4.90 Å². The highest BCUT2D eigenvalue weighted by molar-refractivity contribution is 7.89. The fourth-order valence-corrected chi connectivity index (χ4v) is 4.30. The summed E-state index contributed by atoms with van der Waals surface area (Å²) in [6.45, 7) is 3.21. The van der Waals surface area contributed by atoms with Crippen molar-refractivity contribution in [3.8, 4) is 6.07 Å². The van der Waals surface area contributed by atoms with Crippen molar-refractivity contribution in [3.05, 3.63) is 65.9 Å². The Morgan fingerprint density at radius 1 is 1.24 bits per heavy atom. The standard InChI is InChI=1S/C21H21N3O4S/c1-14-6-5-7-17(10-14)29(26,27)24-20(21(25)28-15(2)12-22)11-16-13-23-19-9-4-3-8-18(16)19/h3-10,13,15,20,23-24H,11H2,1-2H3/t15-,20-/m0/s1. The number of nitrogens with one attached hydrogen (secondary N) is 2. The minimum absolute atomic E-state index is 0.0579. The molecule has 2 N–H and O–H groups in total. The van der Waals surface area contributed by atoms with Crippen molar-refractivity contribution in [2.24, 2.45) is 0 Å². The summed E-state index contributed by atoms with van der Waals surface area (Å²) in [5.74, 6) is -0.805. The Labute approximate surface area is 169 Å². The van der Waals surface area contributed by atoms with Crippen LogP contribution in [0.1, 0.15) is 18.1 Å². The Bertz CT molecular complexity index is 1180. The number of carbonyl (C=O) groups is 1. The van der Waals surface area contributed by atoms with Crippen LogP contribution in [0.4, 0.5) is 0 Å². The minimum atomic E-state index is -3.97. The smallest absolute Gasteiger partial charge is 0.325 e. The van der Waals surface area contributed by atoms with Crippen molar-refractivity contribution in [2.75, 3.05) is 0 Å². The third-order valence-electron chi connectivity index (χ3n) is 4.46. The lowest BCUT2D eigenvalue weighted by Crippen LogP contribution is -2.44. The molecule has 2 aromatic carbocycles. The van der Waals surface area contributed by atoms with Crippen LogP contribution in [-0.4, -0.2) is 31.5 Å². The second-order valence-corrected chi connectivity index (χ2v) is 8.48. The summed E-state index contributed by atoms with van der Waals surface area (Å²) in [5, 5.41) is 9.82. The van der Waals surface area contributed by atoms with Crippen LogP contribution in [0.5, 0.6) is 0 Å². The quantitative estimate of drug-likeness (QED) is 0.581. The molecular formula is C21H21N3O4S. The number of H-pyrrole nitrogens is 1. The fraction of sp³-hybridized carbons (Fsp3) is 0.238. The number of benzene rings is 2. The monoisotopic (exact) mass is 411 g/mol. The van der Waals surface area contributed by atoms with Crippen LogP contribution in [0, 0.1) is 18.3 Å². The fourth-order valence-electron chi connectivity index (χ4n) is 3.01. The second kappa shape index (κ2) is 8.47. The molecule has 0 aliphatic heterocycles. The number of esters is 1. The van der Waals surface area contributed by atoms with Crippen LogP contribution in [0.15, 0.2) is 59.6 Å². The van der Waals surface area contributed by atoms with Gasteiger partial charge in [0, 0.05) is 23.5 Å². The SMILES string of the molecule is Cc1cccc(S(=O)(=O)N[C@@H](Cc2c[nH]c3ccccc23)C(=O)O[C@@H](C)C#N)c1. The van der Waals surface area contributed by atoms with Crippen molar-refractivity contribution in [2.45, 2.75) is 37.3 Å². The molecule has 0 fully saturated rings. The van der Waals surface area contributed by atoms with Crippen molar-refractivity contribution in [1.29, 1.82) is 5.26 Å². The van der Waals surface area contributed by atoms with Gasteiger partial charge in [-0.15, -0.1) is 0 Å². The summed E-state index contributed by atoms with van der Waals surface area (Å²) in [6, 6.07) is 14.5. The molecule has 0 aliphatic carbocycles. The molecule has 0 saturated heterocycles. The molecule has 0 aliphatic rings. The summed E-state index contributed by atoms with van der Waals surface area (Å²) in [6.07, 6.45) is 0.822. The van der Waals surface area contributed by atoms with Gasteiger partial charge in [0.15, 0.2) is 6.10 Å². The van der Waals surface area contributed by atoms with E-state index in [-0.39, 0.29) is 11.3 Å². The zero-order valence-corrected chi connectivity index (χ0v) is 16.9. The van der Waals surface area contributed by atoms with Gasteiger partial charge in [0.25, 0.3) is 0 Å². The maximum atomic E-state index is 12.9. The summed E-state index contributed by atoms with van der Waals surface area (Å²) in [5.41, 5.74) is 2.42. The highest BCUT2D eigenvalue weighted by Gasteiger charge is 2.29. The number of aromatic nitrogens is 1. The van der Waals surface area contributed by atoms with E-state index >= 15 is 0 Å². The maximum Gasteiger partial charge on any atom is 0.325 e. The zero-order chi connectivity index (χ0) is 21.0. The third-order valence-corrected chi connectivity index (χ3v) is 5.92. The van der Waals surface area contributed by atoms with E-state index in [0.29, 0.717) is 0 Å². The van der Waals surface area contributed by atoms with E-state index in [9.17, 15) is 13.2 Å². The highest BCUT2D eigenvalue weighted by Crippen LogP contribution is 2.20. The van der Waals surface area contributed by atoms with Gasteiger partial charge in [0.1, 0.15) is 12.1 Å². The van der Waals surface area contributed by atoms with E-state index in [1.165, 1.54) is 19.1 Å². The van der Waals surface area contributed by atoms with Crippen LogP contribution in [0.3, 0.4) is 0 Å². The molecule has 29 heavy (non-hydrogen) atoms. The van der Waals surface area contributed by atoms with E-state index in [1.807, 2.05) is 30.3 Å². The first kappa shape index (κ1) is 20.6. The van der Waals surface area contributed by atoms with E-state index in [4.69, 9.17) is 10.00 Å². The summed E-state index contributed by atoms with van der Waals surface area (Å²) < 4.78 is 33.2. The lowest BCUT2D eigenvalue weighted by molar-refractivity contribution is -0.147. The number of aryl methyl sites for hydroxylation is 1. The Kier molecular flexibility index (Phi) is 6.01. The normalized spacial score (nSPS) is 13.6. The minimum Gasteiger partial charge on any atom is -0.446 e. The van der Waals surface area contributed by atoms with Gasteiger partial charge >= 0.3 is 5.97 Å². The highest BCUT2D eigenvalue weighted by atomic mass is 32.2. The Morgan fingerprint density at radius 2 is 2.00 bits per heavy atom. The van der Waals surface area contributed by atoms with Crippen molar-refractivity contribution in [1.82, 2.24) is 9.71 Å². The Balaban J connectivity index is 1.92. The lowest BCUT2D eigenvalue weighted by atomic mass is 10.1. The van der Waals surface area contributed by atoms with Gasteiger partial charge < -0.3 is 9.72 Å². The van der Waals surface area contributed by atoms with Crippen molar-refractivity contribution < 1.29 is 17.9 Å². The van der Waals surface area contributed by atoms with Crippen LogP contribution < -0.4 is 4.72 Å². The van der Waals surface area contributed by atoms with Gasteiger partial charge in [-0.2, -0.15) is 9.98 Å². The zero-order valence-electron chi connectivity index (χ0n) is 16.0. The Hall–Kier alpha value is -3.15. The number of nitrogens with zero attached hydrogens (tertiary/aromatic N) is 1. The van der Waals surface area contributed by atoms with E-state index in [2.05, 4.69) is 9.71 Å². The molecule has 3 aromatic rings. The average Bonchev–Trinajstić information content (AvgIpc) is 3.10. The molecule has 150 valence electrons. The first-order valence-corrected chi connectivity index (χ1v) is 10.5. The molecule has 3 rings (SSSR count). The number of fused-ring (bicyclic) bond motifs is 1. The molecule has 0 amide bonds. The van der Waals surface area contributed by atoms with Crippen molar-refractivity contribution >= 4 is 26.9 Å². The van der Waals surface area contributed by atoms with E-state index < -0.39 is 28.1 Å². The summed E-state index contributed by atoms with van der Waals surface area (Å²) >= 11 is 0. The second-order valence-electron chi connectivity index (χ2n) is 6.76. The molecule has 1 heterocycles. The first-order chi connectivity index (χ1) is 13.8. The predicted molar refractivity (Wildman–Crippen MR) is 108 cm³/mol. The third kappa shape index (κ3) is 4.83. The molecular weight excluding hydrogens is 390 g/mol. The first-order valence-electron chi connectivity index (χ1n) is 9.04. The number of hydrogen-bond acceptors (Lipinski definition) is 5. The average molecular weight is 411 g/mol. The van der Waals surface area contributed by atoms with Gasteiger partial charge in [-0.25, -0.2) is 8.42 Å². The van der Waals surface area contributed by atoms with Crippen LogP contribution in [-0.2, 0) is 26.0 Å². The number of para-hydroxylation sites is 1.